The standard InChI is InChI=1S/C26H31N3O3/c1-4-27(5-2)20-11-13-21(14-12-20)29-25(30)23(19-9-15-22(32-3)16-10-19)24(26(29)31)28-17-7-6-8-18-28/h9-16H,4-8,17-18H2,1-3H3. The lowest BCUT2D eigenvalue weighted by Gasteiger charge is -2.29. The fourth-order valence-corrected chi connectivity index (χ4v) is 4.58. The summed E-state index contributed by atoms with van der Waals surface area (Å²) in [7, 11) is 1.61. The number of benzene rings is 2. The Bertz CT molecular complexity index is 1000. The molecule has 2 amide bonds. The quantitative estimate of drug-likeness (QED) is 0.609. The second-order valence-electron chi connectivity index (χ2n) is 8.13. The van der Waals surface area contributed by atoms with Crippen LogP contribution in [-0.4, -0.2) is 50.0 Å². The number of nitrogens with zero attached hydrogens (tertiary/aromatic N) is 3. The van der Waals surface area contributed by atoms with Gasteiger partial charge in [0.15, 0.2) is 0 Å². The van der Waals surface area contributed by atoms with Gasteiger partial charge in [-0.05, 0) is 75.1 Å². The van der Waals surface area contributed by atoms with E-state index < -0.39 is 0 Å². The lowest BCUT2D eigenvalue weighted by atomic mass is 10.0. The minimum Gasteiger partial charge on any atom is -0.497 e. The van der Waals surface area contributed by atoms with Crippen molar-refractivity contribution in [1.29, 1.82) is 0 Å². The van der Waals surface area contributed by atoms with Gasteiger partial charge in [0.2, 0.25) is 0 Å². The van der Waals surface area contributed by atoms with Crippen molar-refractivity contribution in [2.24, 2.45) is 0 Å². The zero-order valence-corrected chi connectivity index (χ0v) is 19.1. The van der Waals surface area contributed by atoms with Crippen LogP contribution in [0.15, 0.2) is 54.2 Å². The molecule has 1 saturated heterocycles. The normalized spacial score (nSPS) is 16.7. The first-order valence-electron chi connectivity index (χ1n) is 11.5. The molecule has 0 atom stereocenters. The van der Waals surface area contributed by atoms with Crippen molar-refractivity contribution in [1.82, 2.24) is 4.90 Å². The van der Waals surface area contributed by atoms with Crippen LogP contribution in [0.1, 0.15) is 38.7 Å². The summed E-state index contributed by atoms with van der Waals surface area (Å²) in [6, 6.07) is 15.1. The van der Waals surface area contributed by atoms with Crippen molar-refractivity contribution in [2.45, 2.75) is 33.1 Å². The number of hydrogen-bond acceptors (Lipinski definition) is 5. The van der Waals surface area contributed by atoms with Crippen LogP contribution in [0.3, 0.4) is 0 Å². The number of methoxy groups -OCH3 is 1. The molecule has 0 unspecified atom stereocenters. The van der Waals surface area contributed by atoms with Crippen LogP contribution in [0.5, 0.6) is 5.75 Å². The van der Waals surface area contributed by atoms with E-state index in [0.29, 0.717) is 17.0 Å². The molecule has 32 heavy (non-hydrogen) atoms. The summed E-state index contributed by atoms with van der Waals surface area (Å²) in [5.74, 6) is 0.212. The van der Waals surface area contributed by atoms with E-state index in [1.54, 1.807) is 7.11 Å². The largest absolute Gasteiger partial charge is 0.497 e. The van der Waals surface area contributed by atoms with Gasteiger partial charge in [-0.1, -0.05) is 12.1 Å². The average Bonchev–Trinajstić information content (AvgIpc) is 3.11. The summed E-state index contributed by atoms with van der Waals surface area (Å²) in [6.07, 6.45) is 3.21. The minimum absolute atomic E-state index is 0.238. The lowest BCUT2D eigenvalue weighted by molar-refractivity contribution is -0.120. The molecule has 2 aliphatic heterocycles. The highest BCUT2D eigenvalue weighted by molar-refractivity contribution is 6.45. The average molecular weight is 434 g/mol. The maximum Gasteiger partial charge on any atom is 0.282 e. The van der Waals surface area contributed by atoms with Crippen molar-refractivity contribution >= 4 is 28.8 Å². The van der Waals surface area contributed by atoms with E-state index in [0.717, 1.165) is 62.4 Å². The number of likely N-dealkylation sites (tertiary alicyclic amines) is 1. The molecular weight excluding hydrogens is 402 g/mol. The Morgan fingerprint density at radius 1 is 0.844 bits per heavy atom. The molecule has 2 heterocycles. The second-order valence-corrected chi connectivity index (χ2v) is 8.13. The monoisotopic (exact) mass is 433 g/mol. The van der Waals surface area contributed by atoms with Crippen LogP contribution in [0.2, 0.25) is 0 Å². The molecule has 6 nitrogen and oxygen atoms in total. The van der Waals surface area contributed by atoms with Gasteiger partial charge in [0.1, 0.15) is 11.4 Å². The molecule has 0 aromatic heterocycles. The molecule has 1 fully saturated rings. The third kappa shape index (κ3) is 3.97. The van der Waals surface area contributed by atoms with Gasteiger partial charge in [-0.15, -0.1) is 0 Å². The lowest BCUT2D eigenvalue weighted by Crippen LogP contribution is -2.37. The number of ether oxygens (including phenoxy) is 1. The number of carbonyl (C=O) groups is 2. The third-order valence-electron chi connectivity index (χ3n) is 6.35. The van der Waals surface area contributed by atoms with Gasteiger partial charge in [0.25, 0.3) is 11.8 Å². The molecule has 2 aromatic rings. The molecule has 168 valence electrons. The predicted octanol–water partition coefficient (Wildman–Crippen LogP) is 4.31. The highest BCUT2D eigenvalue weighted by atomic mass is 16.5. The van der Waals surface area contributed by atoms with Crippen molar-refractivity contribution in [3.8, 4) is 5.75 Å². The summed E-state index contributed by atoms with van der Waals surface area (Å²) in [5, 5.41) is 0. The first kappa shape index (κ1) is 21.9. The summed E-state index contributed by atoms with van der Waals surface area (Å²) < 4.78 is 5.27. The Morgan fingerprint density at radius 2 is 1.47 bits per heavy atom. The predicted molar refractivity (Wildman–Crippen MR) is 128 cm³/mol. The number of piperidine rings is 1. The van der Waals surface area contributed by atoms with Crippen molar-refractivity contribution < 1.29 is 14.3 Å². The van der Waals surface area contributed by atoms with Gasteiger partial charge in [-0.25, -0.2) is 4.90 Å². The van der Waals surface area contributed by atoms with E-state index in [4.69, 9.17) is 4.74 Å². The van der Waals surface area contributed by atoms with E-state index in [2.05, 4.69) is 23.6 Å². The van der Waals surface area contributed by atoms with Gasteiger partial charge < -0.3 is 14.5 Å². The smallest absolute Gasteiger partial charge is 0.282 e. The SMILES string of the molecule is CCN(CC)c1ccc(N2C(=O)C(c3ccc(OC)cc3)=C(N3CCCCC3)C2=O)cc1. The molecule has 6 heteroatoms. The van der Waals surface area contributed by atoms with Crippen LogP contribution >= 0.6 is 0 Å². The topological polar surface area (TPSA) is 53.1 Å². The number of anilines is 2. The molecule has 0 spiro atoms. The Hall–Kier alpha value is -3.28. The van der Waals surface area contributed by atoms with Crippen LogP contribution in [0.4, 0.5) is 11.4 Å². The molecule has 2 aromatic carbocycles. The number of rotatable bonds is 7. The van der Waals surface area contributed by atoms with E-state index in [1.807, 2.05) is 48.5 Å². The zero-order chi connectivity index (χ0) is 22.7. The van der Waals surface area contributed by atoms with Gasteiger partial charge in [-0.3, -0.25) is 9.59 Å². The minimum atomic E-state index is -0.267. The summed E-state index contributed by atoms with van der Waals surface area (Å²) in [6.45, 7) is 7.62. The van der Waals surface area contributed by atoms with Gasteiger partial charge in [0.05, 0.1) is 18.4 Å². The fourth-order valence-electron chi connectivity index (χ4n) is 4.58. The molecule has 4 rings (SSSR count). The van der Waals surface area contributed by atoms with E-state index in [1.165, 1.54) is 4.90 Å². The second kappa shape index (κ2) is 9.47. The van der Waals surface area contributed by atoms with Gasteiger partial charge >= 0.3 is 0 Å². The number of imide groups is 1. The molecule has 2 aliphatic rings. The maximum atomic E-state index is 13.6. The highest BCUT2D eigenvalue weighted by Crippen LogP contribution is 2.36. The van der Waals surface area contributed by atoms with Crippen molar-refractivity contribution in [2.75, 3.05) is 43.1 Å². The maximum absolute atomic E-state index is 13.6. The van der Waals surface area contributed by atoms with Crippen LogP contribution in [0, 0.1) is 0 Å². The van der Waals surface area contributed by atoms with Gasteiger partial charge in [-0.2, -0.15) is 0 Å². The molecule has 0 saturated carbocycles. The van der Waals surface area contributed by atoms with E-state index in [9.17, 15) is 9.59 Å². The van der Waals surface area contributed by atoms with Crippen LogP contribution in [0.25, 0.3) is 5.57 Å². The first-order chi connectivity index (χ1) is 15.6. The molecule has 0 bridgehead atoms. The van der Waals surface area contributed by atoms with Crippen molar-refractivity contribution in [3.05, 3.63) is 59.8 Å². The molecule has 0 N–H and O–H groups in total. The Morgan fingerprint density at radius 3 is 2.03 bits per heavy atom. The Balaban J connectivity index is 1.73. The van der Waals surface area contributed by atoms with E-state index in [-0.39, 0.29) is 11.8 Å². The molecule has 0 aliphatic carbocycles. The Labute approximate surface area is 190 Å². The summed E-state index contributed by atoms with van der Waals surface area (Å²) >= 11 is 0. The van der Waals surface area contributed by atoms with Crippen LogP contribution in [-0.2, 0) is 9.59 Å². The first-order valence-corrected chi connectivity index (χ1v) is 11.5. The fraction of sp³-hybridized carbons (Fsp3) is 0.385. The Kier molecular flexibility index (Phi) is 6.49. The molecule has 0 radical (unpaired) electrons. The number of carbonyl (C=O) groups excluding carboxylic acids is 2. The van der Waals surface area contributed by atoms with Crippen LogP contribution < -0.4 is 14.5 Å². The van der Waals surface area contributed by atoms with Gasteiger partial charge in [0, 0.05) is 31.9 Å². The van der Waals surface area contributed by atoms with E-state index >= 15 is 0 Å². The summed E-state index contributed by atoms with van der Waals surface area (Å²) in [4.78, 5) is 32.9. The summed E-state index contributed by atoms with van der Waals surface area (Å²) in [5.41, 5.74) is 3.43. The third-order valence-corrected chi connectivity index (χ3v) is 6.35. The molecular formula is C26H31N3O3. The van der Waals surface area contributed by atoms with Crippen molar-refractivity contribution in [3.63, 3.8) is 0 Å². The number of hydrogen-bond donors (Lipinski definition) is 0. The highest BCUT2D eigenvalue weighted by Gasteiger charge is 2.42. The number of amides is 2. The zero-order valence-electron chi connectivity index (χ0n) is 19.1.